The molecule has 2 aromatic rings. The van der Waals surface area contributed by atoms with E-state index >= 15 is 0 Å². The monoisotopic (exact) mass is 257 g/mol. The third-order valence-corrected chi connectivity index (χ3v) is 3.43. The van der Waals surface area contributed by atoms with Gasteiger partial charge in [-0.15, -0.1) is 0 Å². The minimum atomic E-state index is -0.453. The van der Waals surface area contributed by atoms with Crippen LogP contribution in [0.3, 0.4) is 0 Å². The molecule has 1 aromatic heterocycles. The highest BCUT2D eigenvalue weighted by molar-refractivity contribution is 5.64. The van der Waals surface area contributed by atoms with E-state index in [1.54, 1.807) is 11.0 Å². The van der Waals surface area contributed by atoms with Crippen LogP contribution in [0, 0.1) is 0 Å². The fraction of sp³-hybridized carbons (Fsp3) is 0.357. The van der Waals surface area contributed by atoms with Crippen molar-refractivity contribution in [2.45, 2.75) is 32.1 Å². The first-order chi connectivity index (χ1) is 9.10. The number of fused-ring (bicyclic) bond motifs is 1. The fourth-order valence-corrected chi connectivity index (χ4v) is 2.52. The summed E-state index contributed by atoms with van der Waals surface area (Å²) in [5, 5.41) is 4.09. The summed E-state index contributed by atoms with van der Waals surface area (Å²) in [5.74, 6) is 0. The van der Waals surface area contributed by atoms with E-state index in [0.29, 0.717) is 6.54 Å². The van der Waals surface area contributed by atoms with Crippen LogP contribution in [0.2, 0.25) is 0 Å². The predicted molar refractivity (Wildman–Crippen MR) is 68.5 cm³/mol. The Bertz CT molecular complexity index is 605. The third kappa shape index (κ3) is 2.06. The highest BCUT2D eigenvalue weighted by atomic mass is 16.5. The Morgan fingerprint density at radius 3 is 3.00 bits per heavy atom. The molecule has 1 atom stereocenters. The molecule has 0 aliphatic carbocycles. The Kier molecular flexibility index (Phi) is 2.71. The molecule has 0 N–H and O–H groups in total. The van der Waals surface area contributed by atoms with Gasteiger partial charge in [-0.3, -0.25) is 0 Å². The molecule has 98 valence electrons. The van der Waals surface area contributed by atoms with Crippen molar-refractivity contribution in [2.75, 3.05) is 0 Å². The van der Waals surface area contributed by atoms with Crippen LogP contribution < -0.4 is 0 Å². The van der Waals surface area contributed by atoms with Crippen LogP contribution in [0.1, 0.15) is 36.6 Å². The number of benzene rings is 1. The van der Waals surface area contributed by atoms with Crippen LogP contribution >= 0.6 is 0 Å². The second-order valence-corrected chi connectivity index (χ2v) is 5.20. The van der Waals surface area contributed by atoms with Gasteiger partial charge in [-0.1, -0.05) is 18.2 Å². The Labute approximate surface area is 111 Å². The molecule has 5 heteroatoms. The molecule has 1 aromatic carbocycles. The molecular formula is C14H15N3O2. The fourth-order valence-electron chi connectivity index (χ4n) is 2.52. The standard InChI is InChI=1S/C14H15N3O2/c1-14(2)12-5-10(6-17-9-15-8-16-17)3-4-11(12)13(7-18)19-14/h3-5,7-9,13H,6H2,1-2H3. The third-order valence-electron chi connectivity index (χ3n) is 3.43. The summed E-state index contributed by atoms with van der Waals surface area (Å²) in [7, 11) is 0. The van der Waals surface area contributed by atoms with Crippen LogP contribution in [0.25, 0.3) is 0 Å². The van der Waals surface area contributed by atoms with Gasteiger partial charge >= 0.3 is 0 Å². The van der Waals surface area contributed by atoms with Crippen LogP contribution in [-0.2, 0) is 21.7 Å². The van der Waals surface area contributed by atoms with Gasteiger partial charge in [0, 0.05) is 0 Å². The van der Waals surface area contributed by atoms with Crippen LogP contribution in [0.5, 0.6) is 0 Å². The molecule has 0 bridgehead atoms. The van der Waals surface area contributed by atoms with E-state index in [0.717, 1.165) is 23.0 Å². The van der Waals surface area contributed by atoms with Gasteiger partial charge in [0.05, 0.1) is 12.1 Å². The molecular weight excluding hydrogens is 242 g/mol. The van der Waals surface area contributed by atoms with E-state index < -0.39 is 11.7 Å². The molecule has 1 unspecified atom stereocenters. The topological polar surface area (TPSA) is 57.0 Å². The molecule has 0 radical (unpaired) electrons. The average molecular weight is 257 g/mol. The maximum atomic E-state index is 11.1. The summed E-state index contributed by atoms with van der Waals surface area (Å²) >= 11 is 0. The number of aromatic nitrogens is 3. The Hall–Kier alpha value is -2.01. The Balaban J connectivity index is 1.97. The van der Waals surface area contributed by atoms with E-state index in [4.69, 9.17) is 4.74 Å². The van der Waals surface area contributed by atoms with Gasteiger partial charge in [-0.25, -0.2) is 9.67 Å². The van der Waals surface area contributed by atoms with Crippen molar-refractivity contribution in [1.82, 2.24) is 14.8 Å². The quantitative estimate of drug-likeness (QED) is 0.787. The highest BCUT2D eigenvalue weighted by Gasteiger charge is 2.37. The second-order valence-electron chi connectivity index (χ2n) is 5.20. The van der Waals surface area contributed by atoms with Crippen LogP contribution in [0.4, 0.5) is 0 Å². The largest absolute Gasteiger partial charge is 0.355 e. The smallest absolute Gasteiger partial charge is 0.153 e. The number of aldehydes is 1. The lowest BCUT2D eigenvalue weighted by molar-refractivity contribution is -0.126. The van der Waals surface area contributed by atoms with Crippen LogP contribution in [-0.4, -0.2) is 21.1 Å². The summed E-state index contributed by atoms with van der Waals surface area (Å²) in [5.41, 5.74) is 2.72. The van der Waals surface area contributed by atoms with Crippen molar-refractivity contribution in [1.29, 1.82) is 0 Å². The second kappa shape index (κ2) is 4.28. The van der Waals surface area contributed by atoms with E-state index in [2.05, 4.69) is 16.1 Å². The summed E-state index contributed by atoms with van der Waals surface area (Å²) < 4.78 is 7.52. The van der Waals surface area contributed by atoms with Crippen molar-refractivity contribution in [3.05, 3.63) is 47.5 Å². The molecule has 2 heterocycles. The van der Waals surface area contributed by atoms with E-state index in [1.165, 1.54) is 6.33 Å². The highest BCUT2D eigenvalue weighted by Crippen LogP contribution is 2.42. The normalized spacial score (nSPS) is 20.2. The molecule has 0 spiro atoms. The number of hydrogen-bond acceptors (Lipinski definition) is 4. The SMILES string of the molecule is CC1(C)OC(C=O)c2ccc(Cn3cncn3)cc21. The van der Waals surface area contributed by atoms with Gasteiger partial charge in [-0.05, 0) is 30.5 Å². The first-order valence-corrected chi connectivity index (χ1v) is 6.19. The van der Waals surface area contributed by atoms with Crippen molar-refractivity contribution >= 4 is 6.29 Å². The van der Waals surface area contributed by atoms with Gasteiger partial charge in [0.15, 0.2) is 6.29 Å². The number of carbonyl (C=O) groups is 1. The summed E-state index contributed by atoms with van der Waals surface area (Å²) in [6.07, 6.45) is 3.60. The van der Waals surface area contributed by atoms with Crippen molar-refractivity contribution in [2.24, 2.45) is 0 Å². The van der Waals surface area contributed by atoms with Gasteiger partial charge < -0.3 is 9.53 Å². The van der Waals surface area contributed by atoms with Gasteiger partial charge in [0.2, 0.25) is 0 Å². The number of carbonyl (C=O) groups excluding carboxylic acids is 1. The van der Waals surface area contributed by atoms with E-state index in [9.17, 15) is 4.79 Å². The molecule has 0 saturated carbocycles. The zero-order chi connectivity index (χ0) is 13.5. The van der Waals surface area contributed by atoms with Crippen molar-refractivity contribution in [3.63, 3.8) is 0 Å². The first-order valence-electron chi connectivity index (χ1n) is 6.19. The molecule has 5 nitrogen and oxygen atoms in total. The van der Waals surface area contributed by atoms with Crippen molar-refractivity contribution in [3.8, 4) is 0 Å². The van der Waals surface area contributed by atoms with Gasteiger partial charge in [-0.2, -0.15) is 5.10 Å². The molecule has 19 heavy (non-hydrogen) atoms. The summed E-state index contributed by atoms with van der Waals surface area (Å²) in [6.45, 7) is 4.62. The minimum Gasteiger partial charge on any atom is -0.355 e. The Morgan fingerprint density at radius 2 is 2.32 bits per heavy atom. The lowest BCUT2D eigenvalue weighted by Crippen LogP contribution is -2.16. The number of ether oxygens (including phenoxy) is 1. The minimum absolute atomic E-state index is 0.431. The Morgan fingerprint density at radius 1 is 1.47 bits per heavy atom. The number of nitrogens with zero attached hydrogens (tertiary/aromatic N) is 3. The lowest BCUT2D eigenvalue weighted by atomic mass is 9.93. The van der Waals surface area contributed by atoms with E-state index in [-0.39, 0.29) is 0 Å². The van der Waals surface area contributed by atoms with Gasteiger partial charge in [0.25, 0.3) is 0 Å². The van der Waals surface area contributed by atoms with Crippen LogP contribution in [0.15, 0.2) is 30.9 Å². The zero-order valence-corrected chi connectivity index (χ0v) is 10.9. The number of rotatable bonds is 3. The molecule has 1 aliphatic heterocycles. The summed E-state index contributed by atoms with van der Waals surface area (Å²) in [6, 6.07) is 6.05. The maximum Gasteiger partial charge on any atom is 0.153 e. The maximum absolute atomic E-state index is 11.1. The molecule has 0 amide bonds. The lowest BCUT2D eigenvalue weighted by Gasteiger charge is -2.19. The molecule has 1 aliphatic rings. The van der Waals surface area contributed by atoms with Gasteiger partial charge in [0.1, 0.15) is 18.8 Å². The molecule has 0 fully saturated rings. The average Bonchev–Trinajstić information content (AvgIpc) is 2.97. The molecule has 0 saturated heterocycles. The predicted octanol–water partition coefficient (Wildman–Crippen LogP) is 1.83. The molecule has 3 rings (SSSR count). The van der Waals surface area contributed by atoms with Crippen molar-refractivity contribution < 1.29 is 9.53 Å². The number of hydrogen-bond donors (Lipinski definition) is 0. The summed E-state index contributed by atoms with van der Waals surface area (Å²) in [4.78, 5) is 15.0. The first kappa shape index (κ1) is 12.0. The zero-order valence-electron chi connectivity index (χ0n) is 10.9. The van der Waals surface area contributed by atoms with E-state index in [1.807, 2.05) is 26.0 Å².